The molecule has 0 saturated heterocycles. The van der Waals surface area contributed by atoms with Gasteiger partial charge in [0.05, 0.1) is 19.4 Å². The van der Waals surface area contributed by atoms with Crippen LogP contribution >= 0.6 is 0 Å². The number of methoxy groups -OCH3 is 1. The van der Waals surface area contributed by atoms with Crippen molar-refractivity contribution < 1.29 is 23.4 Å². The first-order valence-corrected chi connectivity index (χ1v) is 10.6. The molecule has 0 atom stereocenters. The van der Waals surface area contributed by atoms with Gasteiger partial charge in [-0.15, -0.1) is 0 Å². The molecule has 3 aromatic carbocycles. The van der Waals surface area contributed by atoms with Gasteiger partial charge in [0.2, 0.25) is 0 Å². The van der Waals surface area contributed by atoms with E-state index in [0.29, 0.717) is 35.3 Å². The van der Waals surface area contributed by atoms with E-state index in [0.717, 1.165) is 6.42 Å². The highest BCUT2D eigenvalue weighted by molar-refractivity contribution is 6.03. The molecule has 1 aromatic heterocycles. The maximum absolute atomic E-state index is 12.7. The zero-order chi connectivity index (χ0) is 22.9. The number of hydrogen-bond donors (Lipinski definition) is 1. The van der Waals surface area contributed by atoms with E-state index >= 15 is 0 Å². The monoisotopic (exact) mass is 443 g/mol. The molecule has 0 fully saturated rings. The Morgan fingerprint density at radius 1 is 0.788 bits per heavy atom. The molecule has 168 valence electrons. The topological polar surface area (TPSA) is 69.9 Å². The predicted molar refractivity (Wildman–Crippen MR) is 126 cm³/mol. The van der Waals surface area contributed by atoms with Crippen LogP contribution in [0.1, 0.15) is 21.9 Å². The second-order valence-corrected chi connectivity index (χ2v) is 7.24. The number of hydrogen-bond acceptors (Lipinski definition) is 5. The Kier molecular flexibility index (Phi) is 7.28. The summed E-state index contributed by atoms with van der Waals surface area (Å²) in [5, 5.41) is 2.86. The minimum Gasteiger partial charge on any atom is -0.493 e. The fourth-order valence-electron chi connectivity index (χ4n) is 3.27. The van der Waals surface area contributed by atoms with Gasteiger partial charge < -0.3 is 23.9 Å². The fourth-order valence-corrected chi connectivity index (χ4v) is 3.27. The molecular formula is C27H25NO5. The Balaban J connectivity index is 1.34. The van der Waals surface area contributed by atoms with Crippen molar-refractivity contribution in [1.29, 1.82) is 0 Å². The second kappa shape index (κ2) is 10.9. The molecule has 0 bridgehead atoms. The number of carbonyl (C=O) groups is 1. The van der Waals surface area contributed by atoms with E-state index in [2.05, 4.69) is 17.4 Å². The molecule has 4 rings (SSSR count). The molecule has 0 radical (unpaired) electrons. The van der Waals surface area contributed by atoms with Crippen LogP contribution in [0.3, 0.4) is 0 Å². The minimum absolute atomic E-state index is 0.173. The van der Waals surface area contributed by atoms with Gasteiger partial charge in [-0.25, -0.2) is 0 Å². The Bertz CT molecular complexity index is 1190. The third kappa shape index (κ3) is 5.95. The summed E-state index contributed by atoms with van der Waals surface area (Å²) in [6.45, 7) is 0.676. The average Bonchev–Trinajstić information content (AvgIpc) is 3.34. The number of ether oxygens (including phenoxy) is 3. The highest BCUT2D eigenvalue weighted by Gasteiger charge is 2.15. The largest absolute Gasteiger partial charge is 0.493 e. The van der Waals surface area contributed by atoms with Crippen LogP contribution in [0, 0.1) is 0 Å². The van der Waals surface area contributed by atoms with Gasteiger partial charge in [-0.1, -0.05) is 54.6 Å². The summed E-state index contributed by atoms with van der Waals surface area (Å²) in [5.41, 5.74) is 1.77. The summed E-state index contributed by atoms with van der Waals surface area (Å²) < 4.78 is 22.6. The number of nitrogens with one attached hydrogen (secondary N) is 1. The zero-order valence-corrected chi connectivity index (χ0v) is 18.3. The van der Waals surface area contributed by atoms with Gasteiger partial charge in [-0.2, -0.15) is 0 Å². The summed E-state index contributed by atoms with van der Waals surface area (Å²) in [7, 11) is 1.58. The van der Waals surface area contributed by atoms with E-state index in [1.165, 1.54) is 5.56 Å². The summed E-state index contributed by atoms with van der Waals surface area (Å²) in [4.78, 5) is 12.7. The number of amides is 1. The minimum atomic E-state index is -0.363. The van der Waals surface area contributed by atoms with Gasteiger partial charge in [0.25, 0.3) is 5.91 Å². The first kappa shape index (κ1) is 22.0. The molecule has 0 aliphatic rings. The van der Waals surface area contributed by atoms with Crippen LogP contribution in [0.5, 0.6) is 17.2 Å². The maximum atomic E-state index is 12.7. The normalized spacial score (nSPS) is 10.5. The van der Waals surface area contributed by atoms with Crippen LogP contribution in [0.25, 0.3) is 0 Å². The number of benzene rings is 3. The summed E-state index contributed by atoms with van der Waals surface area (Å²) in [6.07, 6.45) is 0.775. The molecule has 1 N–H and O–H groups in total. The van der Waals surface area contributed by atoms with Crippen LogP contribution in [-0.2, 0) is 13.0 Å². The number of furan rings is 1. The Labute approximate surface area is 192 Å². The molecule has 0 saturated carbocycles. The Hall–Kier alpha value is -4.19. The lowest BCUT2D eigenvalue weighted by molar-refractivity contribution is 0.0992. The lowest BCUT2D eigenvalue weighted by Gasteiger charge is -2.12. The number of para-hydroxylation sites is 4. The smallest absolute Gasteiger partial charge is 0.291 e. The molecular weight excluding hydrogens is 418 g/mol. The average molecular weight is 443 g/mol. The number of rotatable bonds is 10. The molecule has 33 heavy (non-hydrogen) atoms. The van der Waals surface area contributed by atoms with Gasteiger partial charge in [0, 0.05) is 6.42 Å². The highest BCUT2D eigenvalue weighted by atomic mass is 16.5. The van der Waals surface area contributed by atoms with Gasteiger partial charge in [0.15, 0.2) is 17.3 Å². The SMILES string of the molecule is COc1ccccc1OCc1ccc(C(=O)Nc2ccccc2OCCc2ccccc2)o1. The van der Waals surface area contributed by atoms with Gasteiger partial charge >= 0.3 is 0 Å². The van der Waals surface area contributed by atoms with E-state index in [-0.39, 0.29) is 18.3 Å². The molecule has 6 nitrogen and oxygen atoms in total. The first-order valence-electron chi connectivity index (χ1n) is 10.6. The van der Waals surface area contributed by atoms with Crippen molar-refractivity contribution in [3.8, 4) is 17.2 Å². The fraction of sp³-hybridized carbons (Fsp3) is 0.148. The van der Waals surface area contributed by atoms with Crippen LogP contribution < -0.4 is 19.5 Å². The maximum Gasteiger partial charge on any atom is 0.291 e. The van der Waals surface area contributed by atoms with Crippen molar-refractivity contribution in [3.05, 3.63) is 108 Å². The molecule has 6 heteroatoms. The van der Waals surface area contributed by atoms with Crippen molar-refractivity contribution >= 4 is 11.6 Å². The van der Waals surface area contributed by atoms with Crippen molar-refractivity contribution in [1.82, 2.24) is 0 Å². The molecule has 1 amide bonds. The van der Waals surface area contributed by atoms with Gasteiger partial charge in [-0.05, 0) is 42.0 Å². The van der Waals surface area contributed by atoms with Crippen molar-refractivity contribution in [2.24, 2.45) is 0 Å². The molecule has 4 aromatic rings. The molecule has 0 aliphatic carbocycles. The van der Waals surface area contributed by atoms with E-state index in [1.807, 2.05) is 60.7 Å². The molecule has 0 unspecified atom stereocenters. The number of anilines is 1. The third-order valence-corrected chi connectivity index (χ3v) is 4.95. The number of carbonyl (C=O) groups excluding carboxylic acids is 1. The second-order valence-electron chi connectivity index (χ2n) is 7.24. The molecule has 0 aliphatic heterocycles. The van der Waals surface area contributed by atoms with E-state index in [4.69, 9.17) is 18.6 Å². The van der Waals surface area contributed by atoms with Crippen molar-refractivity contribution in [2.75, 3.05) is 19.0 Å². The lowest BCUT2D eigenvalue weighted by atomic mass is 10.2. The summed E-state index contributed by atoms with van der Waals surface area (Å²) in [6, 6.07) is 28.1. The summed E-state index contributed by atoms with van der Waals surface area (Å²) in [5.74, 6) is 2.19. The van der Waals surface area contributed by atoms with Crippen LogP contribution in [0.2, 0.25) is 0 Å². The highest BCUT2D eigenvalue weighted by Crippen LogP contribution is 2.27. The van der Waals surface area contributed by atoms with Crippen molar-refractivity contribution in [2.45, 2.75) is 13.0 Å². The lowest BCUT2D eigenvalue weighted by Crippen LogP contribution is -2.12. The Morgan fingerprint density at radius 3 is 2.27 bits per heavy atom. The molecule has 0 spiro atoms. The third-order valence-electron chi connectivity index (χ3n) is 4.95. The predicted octanol–water partition coefficient (Wildman–Crippen LogP) is 5.74. The van der Waals surface area contributed by atoms with E-state index in [1.54, 1.807) is 25.3 Å². The van der Waals surface area contributed by atoms with E-state index in [9.17, 15) is 4.79 Å². The summed E-state index contributed by atoms with van der Waals surface area (Å²) >= 11 is 0. The quantitative estimate of drug-likeness (QED) is 0.338. The van der Waals surface area contributed by atoms with Crippen LogP contribution in [0.15, 0.2) is 95.4 Å². The van der Waals surface area contributed by atoms with Gasteiger partial charge in [0.1, 0.15) is 18.1 Å². The van der Waals surface area contributed by atoms with Crippen LogP contribution in [0.4, 0.5) is 5.69 Å². The molecule has 1 heterocycles. The Morgan fingerprint density at radius 2 is 1.48 bits per heavy atom. The van der Waals surface area contributed by atoms with Crippen molar-refractivity contribution in [3.63, 3.8) is 0 Å². The standard InChI is InChI=1S/C27H25NO5/c1-30-24-13-7-8-14-25(24)32-19-21-15-16-26(33-21)27(29)28-22-11-5-6-12-23(22)31-18-17-20-9-3-2-4-10-20/h2-16H,17-19H2,1H3,(H,28,29). The van der Waals surface area contributed by atoms with Gasteiger partial charge in [-0.3, -0.25) is 4.79 Å². The zero-order valence-electron chi connectivity index (χ0n) is 18.3. The first-order chi connectivity index (χ1) is 16.2. The van der Waals surface area contributed by atoms with Crippen LogP contribution in [-0.4, -0.2) is 19.6 Å². The van der Waals surface area contributed by atoms with E-state index < -0.39 is 0 Å².